The summed E-state index contributed by atoms with van der Waals surface area (Å²) in [5.41, 5.74) is 3.04. The lowest BCUT2D eigenvalue weighted by Crippen LogP contribution is -2.28. The molecular formula is C21H26N2O2. The number of rotatable bonds is 6. The molecule has 0 bridgehead atoms. The first-order chi connectivity index (χ1) is 11.8. The summed E-state index contributed by atoms with van der Waals surface area (Å²) < 4.78 is 0. The van der Waals surface area contributed by atoms with Crippen LogP contribution in [0.4, 0.5) is 5.69 Å². The largest absolute Gasteiger partial charge is 0.355 e. The van der Waals surface area contributed by atoms with Crippen LogP contribution in [0.5, 0.6) is 0 Å². The molecule has 0 radical (unpaired) electrons. The summed E-state index contributed by atoms with van der Waals surface area (Å²) in [4.78, 5) is 23.8. The van der Waals surface area contributed by atoms with Crippen LogP contribution in [0.2, 0.25) is 0 Å². The molecule has 25 heavy (non-hydrogen) atoms. The molecule has 2 aromatic rings. The van der Waals surface area contributed by atoms with E-state index in [-0.39, 0.29) is 23.7 Å². The zero-order valence-electron chi connectivity index (χ0n) is 15.1. The van der Waals surface area contributed by atoms with Gasteiger partial charge in [0.1, 0.15) is 0 Å². The lowest BCUT2D eigenvalue weighted by Gasteiger charge is -2.19. The summed E-state index contributed by atoms with van der Waals surface area (Å²) in [6.07, 6.45) is 0.582. The minimum Gasteiger partial charge on any atom is -0.355 e. The Kier molecular flexibility index (Phi) is 6.34. The molecule has 4 nitrogen and oxygen atoms in total. The smallest absolute Gasteiger partial charge is 0.226 e. The van der Waals surface area contributed by atoms with Gasteiger partial charge in [0.15, 0.2) is 0 Å². The van der Waals surface area contributed by atoms with Gasteiger partial charge >= 0.3 is 0 Å². The number of hydrogen-bond acceptors (Lipinski definition) is 2. The molecule has 0 aliphatic heterocycles. The molecule has 0 heterocycles. The molecule has 0 saturated carbocycles. The number of hydrogen-bond donors (Lipinski definition) is 2. The fraction of sp³-hybridized carbons (Fsp3) is 0.333. The third-order valence-electron chi connectivity index (χ3n) is 3.92. The van der Waals surface area contributed by atoms with Crippen LogP contribution in [0.15, 0.2) is 54.6 Å². The molecule has 2 rings (SSSR count). The number of anilines is 1. The van der Waals surface area contributed by atoms with Crippen molar-refractivity contribution in [3.8, 4) is 0 Å². The van der Waals surface area contributed by atoms with Crippen molar-refractivity contribution in [1.29, 1.82) is 0 Å². The molecule has 0 aliphatic rings. The van der Waals surface area contributed by atoms with Crippen molar-refractivity contribution in [3.05, 3.63) is 65.7 Å². The molecule has 0 atom stereocenters. The number of amides is 2. The molecule has 0 fully saturated rings. The molecule has 0 aliphatic carbocycles. The topological polar surface area (TPSA) is 58.2 Å². The van der Waals surface area contributed by atoms with E-state index in [1.165, 1.54) is 5.56 Å². The average molecular weight is 338 g/mol. The van der Waals surface area contributed by atoms with Gasteiger partial charge in [0.05, 0.1) is 6.42 Å². The fourth-order valence-corrected chi connectivity index (χ4v) is 2.44. The second kappa shape index (κ2) is 8.47. The van der Waals surface area contributed by atoms with E-state index in [4.69, 9.17) is 0 Å². The Hall–Kier alpha value is -2.62. The Morgan fingerprint density at radius 1 is 0.880 bits per heavy atom. The standard InChI is InChI=1S/C21H26N2O2/c1-21(2,3)17-9-11-18(12-10-17)23-19(24)13-14-22-20(25)15-16-7-5-4-6-8-16/h4-12H,13-15H2,1-3H3,(H,22,25)(H,23,24). The molecular weight excluding hydrogens is 312 g/mol. The summed E-state index contributed by atoms with van der Waals surface area (Å²) in [6.45, 7) is 6.79. The molecule has 0 spiro atoms. The van der Waals surface area contributed by atoms with Gasteiger partial charge in [-0.25, -0.2) is 0 Å². The maximum atomic E-state index is 12.0. The Bertz CT molecular complexity index is 701. The first-order valence-electron chi connectivity index (χ1n) is 8.55. The van der Waals surface area contributed by atoms with Crippen molar-refractivity contribution in [2.24, 2.45) is 0 Å². The van der Waals surface area contributed by atoms with Crippen molar-refractivity contribution in [2.75, 3.05) is 11.9 Å². The van der Waals surface area contributed by atoms with Gasteiger partial charge in [-0.3, -0.25) is 9.59 Å². The molecule has 0 aromatic heterocycles. The van der Waals surface area contributed by atoms with E-state index in [1.807, 2.05) is 54.6 Å². The normalized spacial score (nSPS) is 11.0. The van der Waals surface area contributed by atoms with E-state index in [2.05, 4.69) is 31.4 Å². The van der Waals surface area contributed by atoms with Crippen LogP contribution in [0.25, 0.3) is 0 Å². The fourth-order valence-electron chi connectivity index (χ4n) is 2.44. The average Bonchev–Trinajstić information content (AvgIpc) is 2.55. The minimum atomic E-state index is -0.108. The summed E-state index contributed by atoms with van der Waals surface area (Å²) >= 11 is 0. The minimum absolute atomic E-state index is 0.0754. The number of carbonyl (C=O) groups excluding carboxylic acids is 2. The monoisotopic (exact) mass is 338 g/mol. The van der Waals surface area contributed by atoms with E-state index in [0.717, 1.165) is 11.3 Å². The van der Waals surface area contributed by atoms with Crippen LogP contribution in [0.1, 0.15) is 38.3 Å². The maximum Gasteiger partial charge on any atom is 0.226 e. The maximum absolute atomic E-state index is 12.0. The zero-order chi connectivity index (χ0) is 18.3. The summed E-state index contributed by atoms with van der Waals surface area (Å²) in [7, 11) is 0. The van der Waals surface area contributed by atoms with Crippen molar-refractivity contribution < 1.29 is 9.59 Å². The van der Waals surface area contributed by atoms with Gasteiger partial charge < -0.3 is 10.6 Å². The van der Waals surface area contributed by atoms with Crippen LogP contribution >= 0.6 is 0 Å². The summed E-state index contributed by atoms with van der Waals surface area (Å²) in [5, 5.41) is 5.63. The SMILES string of the molecule is CC(C)(C)c1ccc(NC(=O)CCNC(=O)Cc2ccccc2)cc1. The van der Waals surface area contributed by atoms with E-state index in [0.29, 0.717) is 13.0 Å². The molecule has 0 unspecified atom stereocenters. The summed E-state index contributed by atoms with van der Waals surface area (Å²) in [6, 6.07) is 17.4. The highest BCUT2D eigenvalue weighted by molar-refractivity contribution is 5.91. The second-order valence-corrected chi connectivity index (χ2v) is 7.14. The first-order valence-corrected chi connectivity index (χ1v) is 8.55. The van der Waals surface area contributed by atoms with Crippen LogP contribution in [-0.2, 0) is 21.4 Å². The molecule has 0 saturated heterocycles. The van der Waals surface area contributed by atoms with Crippen molar-refractivity contribution in [2.45, 2.75) is 39.0 Å². The molecule has 4 heteroatoms. The zero-order valence-corrected chi connectivity index (χ0v) is 15.1. The van der Waals surface area contributed by atoms with Crippen molar-refractivity contribution >= 4 is 17.5 Å². The van der Waals surface area contributed by atoms with Gasteiger partial charge in [-0.2, -0.15) is 0 Å². The highest BCUT2D eigenvalue weighted by Gasteiger charge is 2.13. The molecule has 2 aromatic carbocycles. The quantitative estimate of drug-likeness (QED) is 0.844. The Morgan fingerprint density at radius 2 is 1.52 bits per heavy atom. The van der Waals surface area contributed by atoms with Gasteiger partial charge in [0.25, 0.3) is 0 Å². The third-order valence-corrected chi connectivity index (χ3v) is 3.92. The Labute approximate surface area is 149 Å². The lowest BCUT2D eigenvalue weighted by molar-refractivity contribution is -0.120. The predicted octanol–water partition coefficient (Wildman–Crippen LogP) is 3.67. The van der Waals surface area contributed by atoms with Gasteiger partial charge in [0.2, 0.25) is 11.8 Å². The number of carbonyl (C=O) groups is 2. The van der Waals surface area contributed by atoms with Gasteiger partial charge in [-0.05, 0) is 28.7 Å². The van der Waals surface area contributed by atoms with Crippen molar-refractivity contribution in [3.63, 3.8) is 0 Å². The summed E-state index contributed by atoms with van der Waals surface area (Å²) in [5.74, 6) is -0.183. The molecule has 132 valence electrons. The highest BCUT2D eigenvalue weighted by Crippen LogP contribution is 2.23. The highest BCUT2D eigenvalue weighted by atomic mass is 16.2. The van der Waals surface area contributed by atoms with E-state index in [9.17, 15) is 9.59 Å². The lowest BCUT2D eigenvalue weighted by atomic mass is 9.87. The Balaban J connectivity index is 1.72. The molecule has 2 amide bonds. The van der Waals surface area contributed by atoms with E-state index in [1.54, 1.807) is 0 Å². The van der Waals surface area contributed by atoms with Crippen LogP contribution in [-0.4, -0.2) is 18.4 Å². The second-order valence-electron chi connectivity index (χ2n) is 7.14. The predicted molar refractivity (Wildman–Crippen MR) is 102 cm³/mol. The van der Waals surface area contributed by atoms with Crippen molar-refractivity contribution in [1.82, 2.24) is 5.32 Å². The number of nitrogens with one attached hydrogen (secondary N) is 2. The molecule has 2 N–H and O–H groups in total. The van der Waals surface area contributed by atoms with Crippen LogP contribution in [0, 0.1) is 0 Å². The van der Waals surface area contributed by atoms with E-state index >= 15 is 0 Å². The first kappa shape index (κ1) is 18.7. The van der Waals surface area contributed by atoms with E-state index < -0.39 is 0 Å². The van der Waals surface area contributed by atoms with Gasteiger partial charge in [-0.15, -0.1) is 0 Å². The third kappa shape index (κ3) is 6.42. The van der Waals surface area contributed by atoms with Crippen LogP contribution < -0.4 is 10.6 Å². The van der Waals surface area contributed by atoms with Gasteiger partial charge in [0, 0.05) is 18.7 Å². The van der Waals surface area contributed by atoms with Gasteiger partial charge in [-0.1, -0.05) is 63.2 Å². The Morgan fingerprint density at radius 3 is 2.12 bits per heavy atom. The number of benzene rings is 2. The van der Waals surface area contributed by atoms with Crippen LogP contribution in [0.3, 0.4) is 0 Å².